The van der Waals surface area contributed by atoms with Gasteiger partial charge in [-0.25, -0.2) is 0 Å². The topological polar surface area (TPSA) is 20.2 Å². The fourth-order valence-electron chi connectivity index (χ4n) is 2.63. The summed E-state index contributed by atoms with van der Waals surface area (Å²) in [7, 11) is 0. The third kappa shape index (κ3) is 1.81. The monoisotopic (exact) mass is 204 g/mol. The summed E-state index contributed by atoms with van der Waals surface area (Å²) in [6.45, 7) is 6.38. The minimum atomic E-state index is -0.186. The summed E-state index contributed by atoms with van der Waals surface area (Å²) >= 11 is 0. The molecule has 0 spiro atoms. The first-order chi connectivity index (χ1) is 7.05. The SMILES string of the molecule is C[C@@H](c1ccccc1)[C@@H]1C[C@]1(C)[C@@H](C)O. The van der Waals surface area contributed by atoms with Crippen molar-refractivity contribution in [3.63, 3.8) is 0 Å². The number of benzene rings is 1. The molecule has 0 aromatic heterocycles. The molecular weight excluding hydrogens is 184 g/mol. The van der Waals surface area contributed by atoms with Gasteiger partial charge in [-0.1, -0.05) is 44.2 Å². The second-order valence-electron chi connectivity index (χ2n) is 5.19. The van der Waals surface area contributed by atoms with Crippen molar-refractivity contribution in [2.24, 2.45) is 11.3 Å². The molecule has 1 aromatic rings. The van der Waals surface area contributed by atoms with Crippen molar-refractivity contribution in [2.75, 3.05) is 0 Å². The molecule has 0 unspecified atom stereocenters. The van der Waals surface area contributed by atoms with Gasteiger partial charge in [-0.2, -0.15) is 0 Å². The predicted molar refractivity (Wildman–Crippen MR) is 62.8 cm³/mol. The normalized spacial score (nSPS) is 33.5. The lowest BCUT2D eigenvalue weighted by molar-refractivity contribution is 0.108. The van der Waals surface area contributed by atoms with Crippen LogP contribution in [-0.4, -0.2) is 11.2 Å². The van der Waals surface area contributed by atoms with Crippen molar-refractivity contribution in [3.05, 3.63) is 35.9 Å². The molecule has 82 valence electrons. The van der Waals surface area contributed by atoms with E-state index >= 15 is 0 Å². The molecular formula is C14H20O. The van der Waals surface area contributed by atoms with Crippen molar-refractivity contribution < 1.29 is 5.11 Å². The molecule has 2 rings (SSSR count). The molecule has 1 saturated carbocycles. The second-order valence-corrected chi connectivity index (χ2v) is 5.19. The molecule has 0 aliphatic heterocycles. The number of hydrogen-bond donors (Lipinski definition) is 1. The Hall–Kier alpha value is -0.820. The quantitative estimate of drug-likeness (QED) is 0.801. The van der Waals surface area contributed by atoms with E-state index in [4.69, 9.17) is 0 Å². The lowest BCUT2D eigenvalue weighted by atomic mass is 9.89. The lowest BCUT2D eigenvalue weighted by Gasteiger charge is -2.19. The zero-order valence-corrected chi connectivity index (χ0v) is 9.77. The number of aliphatic hydroxyl groups excluding tert-OH is 1. The van der Waals surface area contributed by atoms with Gasteiger partial charge in [0, 0.05) is 0 Å². The molecule has 0 saturated heterocycles. The van der Waals surface area contributed by atoms with Crippen molar-refractivity contribution in [2.45, 2.75) is 39.2 Å². The maximum absolute atomic E-state index is 9.72. The van der Waals surface area contributed by atoms with E-state index in [1.807, 2.05) is 6.92 Å². The average Bonchev–Trinajstić information content (AvgIpc) is 2.93. The number of rotatable bonds is 3. The summed E-state index contributed by atoms with van der Waals surface area (Å²) in [5.41, 5.74) is 1.54. The summed E-state index contributed by atoms with van der Waals surface area (Å²) < 4.78 is 0. The Bertz CT molecular complexity index is 330. The van der Waals surface area contributed by atoms with Crippen LogP contribution < -0.4 is 0 Å². The lowest BCUT2D eigenvalue weighted by Crippen LogP contribution is -2.18. The van der Waals surface area contributed by atoms with Crippen LogP contribution in [0.1, 0.15) is 38.7 Å². The molecule has 1 heteroatoms. The van der Waals surface area contributed by atoms with Crippen LogP contribution in [0.4, 0.5) is 0 Å². The zero-order valence-electron chi connectivity index (χ0n) is 9.77. The van der Waals surface area contributed by atoms with Crippen molar-refractivity contribution in [1.29, 1.82) is 0 Å². The molecule has 0 radical (unpaired) electrons. The van der Waals surface area contributed by atoms with Crippen LogP contribution >= 0.6 is 0 Å². The summed E-state index contributed by atoms with van der Waals surface area (Å²) in [5.74, 6) is 1.20. The third-order valence-electron chi connectivity index (χ3n) is 4.23. The fraction of sp³-hybridized carbons (Fsp3) is 0.571. The molecule has 1 fully saturated rings. The summed E-state index contributed by atoms with van der Waals surface area (Å²) in [5, 5.41) is 9.72. The van der Waals surface area contributed by atoms with E-state index in [1.165, 1.54) is 5.56 Å². The minimum Gasteiger partial charge on any atom is -0.393 e. The maximum Gasteiger partial charge on any atom is 0.0568 e. The van der Waals surface area contributed by atoms with Gasteiger partial charge >= 0.3 is 0 Å². The average molecular weight is 204 g/mol. The van der Waals surface area contributed by atoms with Crippen LogP contribution in [-0.2, 0) is 0 Å². The molecule has 0 amide bonds. The van der Waals surface area contributed by atoms with Crippen LogP contribution in [0.15, 0.2) is 30.3 Å². The first-order valence-electron chi connectivity index (χ1n) is 5.78. The Morgan fingerprint density at radius 3 is 2.33 bits per heavy atom. The predicted octanol–water partition coefficient (Wildman–Crippen LogP) is 3.20. The Labute approximate surface area is 92.1 Å². The summed E-state index contributed by atoms with van der Waals surface area (Å²) in [6.07, 6.45) is 0.967. The van der Waals surface area contributed by atoms with E-state index in [9.17, 15) is 5.11 Å². The van der Waals surface area contributed by atoms with E-state index in [0.717, 1.165) is 6.42 Å². The van der Waals surface area contributed by atoms with Gasteiger partial charge in [-0.15, -0.1) is 0 Å². The smallest absolute Gasteiger partial charge is 0.0568 e. The molecule has 0 heterocycles. The highest BCUT2D eigenvalue weighted by Crippen LogP contribution is 2.60. The Morgan fingerprint density at radius 1 is 1.27 bits per heavy atom. The first-order valence-corrected chi connectivity index (χ1v) is 5.78. The Morgan fingerprint density at radius 2 is 1.87 bits per heavy atom. The molecule has 1 aliphatic rings. The van der Waals surface area contributed by atoms with E-state index in [2.05, 4.69) is 44.2 Å². The minimum absolute atomic E-state index is 0.148. The van der Waals surface area contributed by atoms with Crippen LogP contribution in [0.2, 0.25) is 0 Å². The van der Waals surface area contributed by atoms with Crippen molar-refractivity contribution in [3.8, 4) is 0 Å². The molecule has 1 nitrogen and oxygen atoms in total. The molecule has 1 N–H and O–H groups in total. The highest BCUT2D eigenvalue weighted by Gasteiger charge is 2.55. The highest BCUT2D eigenvalue weighted by atomic mass is 16.3. The summed E-state index contributed by atoms with van der Waals surface area (Å²) in [6, 6.07) is 10.6. The second kappa shape index (κ2) is 3.64. The largest absolute Gasteiger partial charge is 0.393 e. The van der Waals surface area contributed by atoms with Crippen LogP contribution in [0.5, 0.6) is 0 Å². The van der Waals surface area contributed by atoms with E-state index in [-0.39, 0.29) is 11.5 Å². The van der Waals surface area contributed by atoms with Crippen LogP contribution in [0.25, 0.3) is 0 Å². The van der Waals surface area contributed by atoms with Crippen molar-refractivity contribution in [1.82, 2.24) is 0 Å². The first kappa shape index (κ1) is 10.7. The van der Waals surface area contributed by atoms with Gasteiger partial charge in [0.25, 0.3) is 0 Å². The van der Waals surface area contributed by atoms with Gasteiger partial charge in [0.2, 0.25) is 0 Å². The van der Waals surface area contributed by atoms with E-state index < -0.39 is 0 Å². The number of aliphatic hydroxyl groups is 1. The van der Waals surface area contributed by atoms with E-state index in [0.29, 0.717) is 11.8 Å². The fourth-order valence-corrected chi connectivity index (χ4v) is 2.63. The molecule has 0 bridgehead atoms. The van der Waals surface area contributed by atoms with Crippen LogP contribution in [0, 0.1) is 11.3 Å². The Kier molecular flexibility index (Phi) is 2.59. The summed E-state index contributed by atoms with van der Waals surface area (Å²) in [4.78, 5) is 0. The van der Waals surface area contributed by atoms with E-state index in [1.54, 1.807) is 0 Å². The van der Waals surface area contributed by atoms with Gasteiger partial charge in [-0.3, -0.25) is 0 Å². The van der Waals surface area contributed by atoms with Gasteiger partial charge in [0.05, 0.1) is 6.10 Å². The Balaban J connectivity index is 2.09. The van der Waals surface area contributed by atoms with Crippen LogP contribution in [0.3, 0.4) is 0 Å². The highest BCUT2D eigenvalue weighted by molar-refractivity contribution is 5.23. The molecule has 1 aromatic carbocycles. The molecule has 1 aliphatic carbocycles. The van der Waals surface area contributed by atoms with Gasteiger partial charge in [0.1, 0.15) is 0 Å². The zero-order chi connectivity index (χ0) is 11.1. The molecule has 15 heavy (non-hydrogen) atoms. The standard InChI is InChI=1S/C14H20O/c1-10(12-7-5-4-6-8-12)13-9-14(13,3)11(2)15/h4-8,10-11,13,15H,9H2,1-3H3/t10-,11+,13-,14+/m0/s1. The molecule has 4 atom stereocenters. The van der Waals surface area contributed by atoms with Gasteiger partial charge in [-0.05, 0) is 36.2 Å². The van der Waals surface area contributed by atoms with Crippen molar-refractivity contribution >= 4 is 0 Å². The maximum atomic E-state index is 9.72. The van der Waals surface area contributed by atoms with Gasteiger partial charge < -0.3 is 5.11 Å². The van der Waals surface area contributed by atoms with Gasteiger partial charge in [0.15, 0.2) is 0 Å². The third-order valence-corrected chi connectivity index (χ3v) is 4.23. The number of hydrogen-bond acceptors (Lipinski definition) is 1.